The van der Waals surface area contributed by atoms with E-state index < -0.39 is 0 Å². The van der Waals surface area contributed by atoms with Gasteiger partial charge in [0.2, 0.25) is 0 Å². The van der Waals surface area contributed by atoms with Crippen LogP contribution in [-0.4, -0.2) is 11.2 Å². The number of oxazole rings is 1. The van der Waals surface area contributed by atoms with Crippen molar-refractivity contribution >= 4 is 17.8 Å². The van der Waals surface area contributed by atoms with Crippen LogP contribution in [0.3, 0.4) is 0 Å². The highest BCUT2D eigenvalue weighted by atomic mass is 32.2. The second kappa shape index (κ2) is 3.98. The normalized spacial score (nSPS) is 10.5. The van der Waals surface area contributed by atoms with E-state index in [1.165, 1.54) is 4.90 Å². The van der Waals surface area contributed by atoms with Gasteiger partial charge in [0.1, 0.15) is 11.5 Å². The minimum atomic E-state index is 0.219. The number of aromatic nitrogens is 1. The summed E-state index contributed by atoms with van der Waals surface area (Å²) < 4.78 is 5.19. The van der Waals surface area contributed by atoms with Crippen molar-refractivity contribution < 1.29 is 4.42 Å². The summed E-state index contributed by atoms with van der Waals surface area (Å²) in [6.45, 7) is 1.86. The van der Waals surface area contributed by atoms with Gasteiger partial charge in [-0.05, 0) is 25.3 Å². The third-order valence-corrected chi connectivity index (χ3v) is 2.92. The summed E-state index contributed by atoms with van der Waals surface area (Å²) in [5, 5.41) is 0. The van der Waals surface area contributed by atoms with Gasteiger partial charge in [-0.25, -0.2) is 0 Å². The smallest absolute Gasteiger partial charge is 0.292 e. The minimum absolute atomic E-state index is 0.219. The summed E-state index contributed by atoms with van der Waals surface area (Å²) in [6, 6.07) is 8.39. The van der Waals surface area contributed by atoms with Crippen LogP contribution in [0.1, 0.15) is 5.76 Å². The third-order valence-electron chi connectivity index (χ3n) is 2.18. The van der Waals surface area contributed by atoms with Gasteiger partial charge in [0.25, 0.3) is 6.01 Å². The molecule has 0 unspecified atom stereocenters. The van der Waals surface area contributed by atoms with Gasteiger partial charge in [0.15, 0.2) is 0 Å². The van der Waals surface area contributed by atoms with Gasteiger partial charge in [-0.1, -0.05) is 12.1 Å². The average molecular weight is 220 g/mol. The standard InChI is InChI=1S/C11H12N2OS/c1-7-10(13-11(12)14-7)8-3-5-9(15-2)6-4-8/h3-6H,1-2H3,(H2,12,13). The maximum Gasteiger partial charge on any atom is 0.292 e. The molecule has 0 aliphatic carbocycles. The third kappa shape index (κ3) is 1.99. The molecule has 15 heavy (non-hydrogen) atoms. The van der Waals surface area contributed by atoms with Gasteiger partial charge in [-0.3, -0.25) is 0 Å². The largest absolute Gasteiger partial charge is 0.429 e. The molecule has 0 spiro atoms. The molecule has 0 aliphatic rings. The number of benzene rings is 1. The van der Waals surface area contributed by atoms with Crippen LogP contribution in [0.15, 0.2) is 33.6 Å². The van der Waals surface area contributed by atoms with Crippen LogP contribution in [0.4, 0.5) is 6.01 Å². The zero-order valence-corrected chi connectivity index (χ0v) is 9.47. The molecule has 2 N–H and O–H groups in total. The Balaban J connectivity index is 2.41. The van der Waals surface area contributed by atoms with E-state index in [9.17, 15) is 0 Å². The van der Waals surface area contributed by atoms with Crippen molar-refractivity contribution in [2.75, 3.05) is 12.0 Å². The Morgan fingerprint density at radius 1 is 1.27 bits per heavy atom. The van der Waals surface area contributed by atoms with Crippen molar-refractivity contribution in [3.05, 3.63) is 30.0 Å². The molecule has 0 bridgehead atoms. The van der Waals surface area contributed by atoms with Crippen molar-refractivity contribution in [2.24, 2.45) is 0 Å². The number of nitrogens with two attached hydrogens (primary N) is 1. The van der Waals surface area contributed by atoms with Crippen molar-refractivity contribution in [3.63, 3.8) is 0 Å². The monoisotopic (exact) mass is 220 g/mol. The van der Waals surface area contributed by atoms with Crippen LogP contribution in [0.5, 0.6) is 0 Å². The first kappa shape index (κ1) is 10.1. The van der Waals surface area contributed by atoms with Crippen LogP contribution in [-0.2, 0) is 0 Å². The zero-order valence-electron chi connectivity index (χ0n) is 8.65. The van der Waals surface area contributed by atoms with Gasteiger partial charge in [-0.15, -0.1) is 11.8 Å². The molecular formula is C11H12N2OS. The number of thioether (sulfide) groups is 1. The first-order valence-corrected chi connectivity index (χ1v) is 5.80. The fourth-order valence-electron chi connectivity index (χ4n) is 1.43. The lowest BCUT2D eigenvalue weighted by Gasteiger charge is -1.99. The number of nitrogen functional groups attached to an aromatic ring is 1. The lowest BCUT2D eigenvalue weighted by molar-refractivity contribution is 0.549. The minimum Gasteiger partial charge on any atom is -0.429 e. The topological polar surface area (TPSA) is 52.0 Å². The molecule has 0 saturated carbocycles. The molecule has 1 aromatic carbocycles. The Bertz CT molecular complexity index is 462. The maximum absolute atomic E-state index is 5.49. The summed E-state index contributed by atoms with van der Waals surface area (Å²) in [4.78, 5) is 5.37. The molecule has 0 radical (unpaired) electrons. The average Bonchev–Trinajstić information content (AvgIpc) is 2.58. The molecule has 4 heteroatoms. The SMILES string of the molecule is CSc1ccc(-c2nc(N)oc2C)cc1. The summed E-state index contributed by atoms with van der Waals surface area (Å²) in [7, 11) is 0. The van der Waals surface area contributed by atoms with Crippen LogP contribution in [0.25, 0.3) is 11.3 Å². The molecule has 0 saturated heterocycles. The Kier molecular flexibility index (Phi) is 2.68. The van der Waals surface area contributed by atoms with E-state index in [0.29, 0.717) is 0 Å². The molecule has 1 heterocycles. The molecule has 2 rings (SSSR count). The van der Waals surface area contributed by atoms with Crippen LogP contribution >= 0.6 is 11.8 Å². The zero-order chi connectivity index (χ0) is 10.8. The van der Waals surface area contributed by atoms with Crippen LogP contribution < -0.4 is 5.73 Å². The van der Waals surface area contributed by atoms with E-state index in [2.05, 4.69) is 17.1 Å². The molecule has 2 aromatic rings. The van der Waals surface area contributed by atoms with E-state index in [1.807, 2.05) is 25.3 Å². The molecule has 0 atom stereocenters. The number of hydrogen-bond acceptors (Lipinski definition) is 4. The highest BCUT2D eigenvalue weighted by molar-refractivity contribution is 7.98. The highest BCUT2D eigenvalue weighted by Gasteiger charge is 2.08. The fourth-order valence-corrected chi connectivity index (χ4v) is 1.84. The van der Waals surface area contributed by atoms with Crippen molar-refractivity contribution in [1.82, 2.24) is 4.98 Å². The van der Waals surface area contributed by atoms with Crippen molar-refractivity contribution in [1.29, 1.82) is 0 Å². The van der Waals surface area contributed by atoms with Crippen LogP contribution in [0.2, 0.25) is 0 Å². The van der Waals surface area contributed by atoms with Gasteiger partial charge in [0, 0.05) is 10.5 Å². The molecule has 3 nitrogen and oxygen atoms in total. The summed E-state index contributed by atoms with van der Waals surface area (Å²) >= 11 is 1.71. The van der Waals surface area contributed by atoms with E-state index in [4.69, 9.17) is 10.2 Å². The van der Waals surface area contributed by atoms with E-state index in [-0.39, 0.29) is 6.01 Å². The molecule has 78 valence electrons. The number of anilines is 1. The lowest BCUT2D eigenvalue weighted by Crippen LogP contribution is -1.84. The first-order chi connectivity index (χ1) is 7.20. The first-order valence-electron chi connectivity index (χ1n) is 4.58. The number of nitrogens with zero attached hydrogens (tertiary/aromatic N) is 1. The predicted octanol–water partition coefficient (Wildman–Crippen LogP) is 2.95. The predicted molar refractivity (Wildman–Crippen MR) is 62.9 cm³/mol. The van der Waals surface area contributed by atoms with Gasteiger partial charge in [0.05, 0.1) is 0 Å². The van der Waals surface area contributed by atoms with Crippen molar-refractivity contribution in [2.45, 2.75) is 11.8 Å². The van der Waals surface area contributed by atoms with E-state index in [0.717, 1.165) is 17.0 Å². The van der Waals surface area contributed by atoms with E-state index in [1.54, 1.807) is 11.8 Å². The molecule has 0 aliphatic heterocycles. The Labute approximate surface area is 92.7 Å². The Morgan fingerprint density at radius 3 is 2.40 bits per heavy atom. The van der Waals surface area contributed by atoms with E-state index >= 15 is 0 Å². The maximum atomic E-state index is 5.49. The second-order valence-corrected chi connectivity index (χ2v) is 4.07. The molecule has 1 aromatic heterocycles. The van der Waals surface area contributed by atoms with Gasteiger partial charge < -0.3 is 10.2 Å². The molecule has 0 fully saturated rings. The molecule has 0 amide bonds. The highest BCUT2D eigenvalue weighted by Crippen LogP contribution is 2.26. The van der Waals surface area contributed by atoms with Crippen molar-refractivity contribution in [3.8, 4) is 11.3 Å². The lowest BCUT2D eigenvalue weighted by atomic mass is 10.1. The van der Waals surface area contributed by atoms with Gasteiger partial charge in [-0.2, -0.15) is 4.98 Å². The second-order valence-electron chi connectivity index (χ2n) is 3.19. The Morgan fingerprint density at radius 2 is 1.93 bits per heavy atom. The number of aryl methyl sites for hydroxylation is 1. The quantitative estimate of drug-likeness (QED) is 0.790. The summed E-state index contributed by atoms with van der Waals surface area (Å²) in [5.74, 6) is 0.754. The Hall–Kier alpha value is -1.42. The summed E-state index contributed by atoms with van der Waals surface area (Å²) in [5.41, 5.74) is 7.34. The fraction of sp³-hybridized carbons (Fsp3) is 0.182. The van der Waals surface area contributed by atoms with Gasteiger partial charge >= 0.3 is 0 Å². The number of hydrogen-bond donors (Lipinski definition) is 1. The number of rotatable bonds is 2. The summed E-state index contributed by atoms with van der Waals surface area (Å²) in [6.07, 6.45) is 2.05. The molecular weight excluding hydrogens is 208 g/mol. The van der Waals surface area contributed by atoms with Crippen LogP contribution in [0, 0.1) is 6.92 Å².